The summed E-state index contributed by atoms with van der Waals surface area (Å²) in [5.41, 5.74) is 0.536. The molecule has 4 rings (SSSR count). The van der Waals surface area contributed by atoms with Crippen LogP contribution in [-0.4, -0.2) is 67.8 Å². The van der Waals surface area contributed by atoms with Crippen LogP contribution in [0.1, 0.15) is 16.8 Å². The van der Waals surface area contributed by atoms with E-state index < -0.39 is 12.1 Å². The Bertz CT molecular complexity index is 936. The lowest BCUT2D eigenvalue weighted by Gasteiger charge is -2.47. The van der Waals surface area contributed by atoms with E-state index in [2.05, 4.69) is 4.98 Å². The number of carbonyl (C=O) groups excluding carboxylic acids is 1. The van der Waals surface area contributed by atoms with Gasteiger partial charge in [0.15, 0.2) is 0 Å². The molecule has 31 heavy (non-hydrogen) atoms. The minimum atomic E-state index is -5.08. The zero-order chi connectivity index (χ0) is 22.6. The van der Waals surface area contributed by atoms with Crippen LogP contribution in [0.25, 0.3) is 0 Å². The number of hydrogen-bond acceptors (Lipinski definition) is 6. The van der Waals surface area contributed by atoms with Gasteiger partial charge in [0.05, 0.1) is 4.75 Å². The normalized spacial score (nSPS) is 19.2. The number of aromatic hydroxyl groups is 1. The van der Waals surface area contributed by atoms with Crippen LogP contribution < -0.4 is 4.74 Å². The van der Waals surface area contributed by atoms with Crippen molar-refractivity contribution in [3.63, 3.8) is 0 Å². The zero-order valence-corrected chi connectivity index (χ0v) is 16.9. The zero-order valence-electron chi connectivity index (χ0n) is 16.1. The maximum atomic E-state index is 12.5. The number of carboxylic acid groups (broad SMARTS) is 1. The van der Waals surface area contributed by atoms with Crippen molar-refractivity contribution in [3.8, 4) is 11.6 Å². The first kappa shape index (κ1) is 22.7. The van der Waals surface area contributed by atoms with E-state index in [0.717, 1.165) is 25.3 Å². The topological polar surface area (TPSA) is 100.0 Å². The van der Waals surface area contributed by atoms with Gasteiger partial charge in [-0.3, -0.25) is 4.79 Å². The molecule has 1 unspecified atom stereocenters. The third kappa shape index (κ3) is 5.81. The van der Waals surface area contributed by atoms with Crippen molar-refractivity contribution in [1.82, 2.24) is 9.88 Å². The van der Waals surface area contributed by atoms with Gasteiger partial charge in [0.2, 0.25) is 5.88 Å². The standard InChI is InChI=1S/C18H18N2O3S.C2HF3O2/c21-14-5-3-4-13(8-14)17(22)20-11-18(12-20)9-15(10-24-18)23-16-6-1-2-7-19-16;3-2(4,5)1(6)7/h1-8,15,21H,9-12H2;(H,6,7). The summed E-state index contributed by atoms with van der Waals surface area (Å²) in [7, 11) is 0. The van der Waals surface area contributed by atoms with E-state index in [1.165, 1.54) is 6.07 Å². The molecule has 0 bridgehead atoms. The van der Waals surface area contributed by atoms with Crippen LogP contribution in [0.5, 0.6) is 11.6 Å². The molecule has 2 aliphatic heterocycles. The van der Waals surface area contributed by atoms with Crippen molar-refractivity contribution in [2.75, 3.05) is 18.8 Å². The molecule has 2 aromatic rings. The number of aliphatic carboxylic acids is 1. The maximum absolute atomic E-state index is 12.5. The SMILES string of the molecule is O=C(O)C(F)(F)F.O=C(c1cccc(O)c1)N1CC2(CC(Oc3ccccn3)CS2)C1. The van der Waals surface area contributed by atoms with E-state index in [0.29, 0.717) is 11.4 Å². The first-order chi connectivity index (χ1) is 14.6. The number of phenols is 1. The third-order valence-electron chi connectivity index (χ3n) is 4.68. The highest BCUT2D eigenvalue weighted by molar-refractivity contribution is 8.01. The van der Waals surface area contributed by atoms with Gasteiger partial charge < -0.3 is 19.8 Å². The average molecular weight is 456 g/mol. The quantitative estimate of drug-likeness (QED) is 0.732. The monoisotopic (exact) mass is 456 g/mol. The van der Waals surface area contributed by atoms with E-state index in [9.17, 15) is 23.1 Å². The Morgan fingerprint density at radius 2 is 1.90 bits per heavy atom. The Morgan fingerprint density at radius 1 is 1.19 bits per heavy atom. The highest BCUT2D eigenvalue weighted by Gasteiger charge is 2.51. The minimum Gasteiger partial charge on any atom is -0.508 e. The second-order valence-electron chi connectivity index (χ2n) is 7.12. The molecule has 11 heteroatoms. The second kappa shape index (κ2) is 9.04. The smallest absolute Gasteiger partial charge is 0.490 e. The second-order valence-corrected chi connectivity index (χ2v) is 8.61. The molecule has 1 amide bonds. The predicted molar refractivity (Wildman–Crippen MR) is 106 cm³/mol. The first-order valence-electron chi connectivity index (χ1n) is 9.18. The Labute approximate surface area is 179 Å². The fourth-order valence-corrected chi connectivity index (χ4v) is 4.82. The van der Waals surface area contributed by atoms with Gasteiger partial charge in [0.25, 0.3) is 5.91 Å². The molecule has 1 aromatic carbocycles. The highest BCUT2D eigenvalue weighted by atomic mass is 32.2. The van der Waals surface area contributed by atoms with Gasteiger partial charge in [-0.05, 0) is 24.3 Å². The summed E-state index contributed by atoms with van der Waals surface area (Å²) < 4.78 is 37.8. The van der Waals surface area contributed by atoms with Gasteiger partial charge in [-0.1, -0.05) is 12.1 Å². The van der Waals surface area contributed by atoms with Crippen LogP contribution in [0.15, 0.2) is 48.7 Å². The van der Waals surface area contributed by atoms with Crippen molar-refractivity contribution >= 4 is 23.6 Å². The summed E-state index contributed by atoms with van der Waals surface area (Å²) in [6.07, 6.45) is -2.28. The number of pyridine rings is 1. The molecule has 7 nitrogen and oxygen atoms in total. The fourth-order valence-electron chi connectivity index (χ4n) is 3.30. The van der Waals surface area contributed by atoms with Gasteiger partial charge >= 0.3 is 12.1 Å². The number of carboxylic acids is 1. The number of benzene rings is 1. The first-order valence-corrected chi connectivity index (χ1v) is 10.2. The third-order valence-corrected chi connectivity index (χ3v) is 6.26. The van der Waals surface area contributed by atoms with Gasteiger partial charge in [-0.15, -0.1) is 11.8 Å². The molecule has 0 saturated carbocycles. The summed E-state index contributed by atoms with van der Waals surface area (Å²) in [5, 5.41) is 16.6. The molecule has 2 aliphatic rings. The van der Waals surface area contributed by atoms with Gasteiger partial charge in [-0.2, -0.15) is 13.2 Å². The number of halogens is 3. The molecule has 2 fully saturated rings. The Kier molecular flexibility index (Phi) is 6.63. The van der Waals surface area contributed by atoms with Crippen LogP contribution in [-0.2, 0) is 4.79 Å². The number of nitrogens with zero attached hydrogens (tertiary/aromatic N) is 2. The average Bonchev–Trinajstić information content (AvgIpc) is 3.11. The number of rotatable bonds is 3. The van der Waals surface area contributed by atoms with Gasteiger partial charge in [0.1, 0.15) is 11.9 Å². The molecule has 166 valence electrons. The van der Waals surface area contributed by atoms with E-state index in [4.69, 9.17) is 14.6 Å². The van der Waals surface area contributed by atoms with E-state index in [1.54, 1.807) is 24.4 Å². The van der Waals surface area contributed by atoms with Crippen molar-refractivity contribution in [3.05, 3.63) is 54.2 Å². The van der Waals surface area contributed by atoms with Crippen LogP contribution in [0, 0.1) is 0 Å². The van der Waals surface area contributed by atoms with Crippen molar-refractivity contribution in [2.45, 2.75) is 23.4 Å². The largest absolute Gasteiger partial charge is 0.508 e. The lowest BCUT2D eigenvalue weighted by molar-refractivity contribution is -0.192. The summed E-state index contributed by atoms with van der Waals surface area (Å²) in [4.78, 5) is 27.4. The number of hydrogen-bond donors (Lipinski definition) is 2. The summed E-state index contributed by atoms with van der Waals surface area (Å²) >= 11 is 1.88. The molecule has 1 atom stereocenters. The maximum Gasteiger partial charge on any atom is 0.490 e. The number of likely N-dealkylation sites (tertiary alicyclic amines) is 1. The summed E-state index contributed by atoms with van der Waals surface area (Å²) in [6.45, 7) is 1.46. The Balaban J connectivity index is 0.000000339. The number of phenolic OH excluding ortho intramolecular Hbond substituents is 1. The number of amides is 1. The van der Waals surface area contributed by atoms with Crippen LogP contribution in [0.3, 0.4) is 0 Å². The summed E-state index contributed by atoms with van der Waals surface area (Å²) in [5.74, 6) is -1.08. The predicted octanol–water partition coefficient (Wildman–Crippen LogP) is 3.20. The molecule has 0 radical (unpaired) electrons. The molecule has 3 heterocycles. The number of ether oxygens (including phenoxy) is 1. The van der Waals surface area contributed by atoms with Crippen LogP contribution >= 0.6 is 11.8 Å². The van der Waals surface area contributed by atoms with E-state index >= 15 is 0 Å². The lowest BCUT2D eigenvalue weighted by Crippen LogP contribution is -2.60. The van der Waals surface area contributed by atoms with Gasteiger partial charge in [-0.25, -0.2) is 9.78 Å². The molecule has 2 N–H and O–H groups in total. The Hall–Kier alpha value is -2.95. The highest BCUT2D eigenvalue weighted by Crippen LogP contribution is 2.46. The van der Waals surface area contributed by atoms with E-state index in [1.807, 2.05) is 34.9 Å². The van der Waals surface area contributed by atoms with Gasteiger partial charge in [0, 0.05) is 43.1 Å². The Morgan fingerprint density at radius 3 is 2.48 bits per heavy atom. The van der Waals surface area contributed by atoms with E-state index in [-0.39, 0.29) is 22.5 Å². The number of carbonyl (C=O) groups is 2. The molecule has 2 saturated heterocycles. The lowest BCUT2D eigenvalue weighted by atomic mass is 9.92. The molecular weight excluding hydrogens is 437 g/mol. The van der Waals surface area contributed by atoms with Crippen LogP contribution in [0.4, 0.5) is 13.2 Å². The summed E-state index contributed by atoms with van der Waals surface area (Å²) in [6, 6.07) is 12.2. The van der Waals surface area contributed by atoms with Crippen molar-refractivity contribution in [2.24, 2.45) is 0 Å². The number of thioether (sulfide) groups is 1. The van der Waals surface area contributed by atoms with Crippen molar-refractivity contribution in [1.29, 1.82) is 0 Å². The minimum absolute atomic E-state index is 0.0220. The molecule has 1 aromatic heterocycles. The fraction of sp³-hybridized carbons (Fsp3) is 0.350. The molecular formula is C20H19F3N2O5S. The van der Waals surface area contributed by atoms with Crippen LogP contribution in [0.2, 0.25) is 0 Å². The number of aromatic nitrogens is 1. The molecule has 1 spiro atoms. The molecule has 0 aliphatic carbocycles. The van der Waals surface area contributed by atoms with Crippen molar-refractivity contribution < 1.29 is 37.7 Å². The number of alkyl halides is 3.